The minimum Gasteiger partial charge on any atom is -0.349 e. The van der Waals surface area contributed by atoms with Crippen molar-refractivity contribution in [2.75, 3.05) is 6.54 Å². The number of aryl methyl sites for hydroxylation is 1. The Kier molecular flexibility index (Phi) is 3.59. The van der Waals surface area contributed by atoms with Crippen molar-refractivity contribution in [3.8, 4) is 0 Å². The minimum atomic E-state index is -0.496. The number of fused-ring (bicyclic) bond motifs is 1. The third kappa shape index (κ3) is 2.55. The summed E-state index contributed by atoms with van der Waals surface area (Å²) in [5.41, 5.74) is -0.149. The number of nitrogens with zero attached hydrogens (tertiary/aromatic N) is 4. The van der Waals surface area contributed by atoms with E-state index in [0.29, 0.717) is 10.2 Å². The maximum Gasteiger partial charge on any atom is 0.328 e. The number of hydrogen-bond donors (Lipinski definition) is 2. The van der Waals surface area contributed by atoms with Gasteiger partial charge < -0.3 is 10.3 Å². The number of nitrogens with one attached hydrogen (secondary N) is 2. The second-order valence-corrected chi connectivity index (χ2v) is 5.50. The Morgan fingerprint density at radius 3 is 3.00 bits per heavy atom. The van der Waals surface area contributed by atoms with E-state index in [-0.39, 0.29) is 24.3 Å². The number of H-pyrrole nitrogens is 1. The topological polar surface area (TPSA) is 115 Å². The van der Waals surface area contributed by atoms with Gasteiger partial charge in [0.2, 0.25) is 0 Å². The van der Waals surface area contributed by atoms with Crippen LogP contribution in [0, 0.1) is 0 Å². The van der Waals surface area contributed by atoms with Crippen molar-refractivity contribution >= 4 is 27.5 Å². The second kappa shape index (κ2) is 5.56. The number of hydrogen-bond acceptors (Lipinski definition) is 6. The number of amides is 1. The summed E-state index contributed by atoms with van der Waals surface area (Å²) in [5, 5.41) is 11.7. The average molecular weight is 320 g/mol. The zero-order valence-corrected chi connectivity index (χ0v) is 12.4. The van der Waals surface area contributed by atoms with E-state index in [1.165, 1.54) is 22.2 Å². The van der Waals surface area contributed by atoms with Crippen molar-refractivity contribution in [3.63, 3.8) is 0 Å². The van der Waals surface area contributed by atoms with Crippen LogP contribution in [0.5, 0.6) is 0 Å². The number of aromatic amines is 1. The molecule has 0 unspecified atom stereocenters. The fraction of sp³-hybridized carbons (Fsp3) is 0.250. The van der Waals surface area contributed by atoms with E-state index in [1.807, 2.05) is 0 Å². The fourth-order valence-electron chi connectivity index (χ4n) is 2.00. The zero-order chi connectivity index (χ0) is 15.7. The van der Waals surface area contributed by atoms with Crippen LogP contribution >= 0.6 is 11.3 Å². The number of thiophene rings is 1. The first-order valence-corrected chi connectivity index (χ1v) is 7.29. The van der Waals surface area contributed by atoms with Crippen LogP contribution in [0.1, 0.15) is 10.5 Å². The van der Waals surface area contributed by atoms with Crippen LogP contribution < -0.4 is 16.6 Å². The van der Waals surface area contributed by atoms with Gasteiger partial charge in [-0.15, -0.1) is 16.4 Å². The lowest BCUT2D eigenvalue weighted by Crippen LogP contribution is -2.38. The number of carbonyl (C=O) groups is 1. The van der Waals surface area contributed by atoms with E-state index in [2.05, 4.69) is 20.6 Å². The van der Waals surface area contributed by atoms with Crippen LogP contribution in [0.15, 0.2) is 27.2 Å². The molecule has 0 fully saturated rings. The summed E-state index contributed by atoms with van der Waals surface area (Å²) in [6.45, 7) is 0.212. The summed E-state index contributed by atoms with van der Waals surface area (Å²) >= 11 is 1.26. The molecule has 0 atom stereocenters. The molecule has 0 bridgehead atoms. The zero-order valence-electron chi connectivity index (χ0n) is 11.6. The van der Waals surface area contributed by atoms with Crippen LogP contribution in [-0.2, 0) is 13.6 Å². The summed E-state index contributed by atoms with van der Waals surface area (Å²) in [6, 6.07) is 1.68. The lowest BCUT2D eigenvalue weighted by atomic mass is 10.4. The van der Waals surface area contributed by atoms with Crippen LogP contribution in [0.2, 0.25) is 0 Å². The molecule has 0 aromatic carbocycles. The van der Waals surface area contributed by atoms with Gasteiger partial charge in [-0.05, 0) is 11.4 Å². The molecule has 0 aliphatic carbocycles. The number of aromatic nitrogens is 5. The molecule has 1 amide bonds. The van der Waals surface area contributed by atoms with Crippen molar-refractivity contribution in [2.45, 2.75) is 6.54 Å². The minimum absolute atomic E-state index is 0.0774. The third-order valence-electron chi connectivity index (χ3n) is 3.05. The highest BCUT2D eigenvalue weighted by Crippen LogP contribution is 2.11. The lowest BCUT2D eigenvalue weighted by Gasteiger charge is -2.05. The van der Waals surface area contributed by atoms with Crippen molar-refractivity contribution in [1.29, 1.82) is 0 Å². The molecule has 0 radical (unpaired) electrons. The molecule has 0 aliphatic heterocycles. The molecular formula is C12H12N6O3S. The Bertz CT molecular complexity index is 950. The van der Waals surface area contributed by atoms with Gasteiger partial charge >= 0.3 is 5.69 Å². The van der Waals surface area contributed by atoms with Crippen LogP contribution in [0.3, 0.4) is 0 Å². The normalized spacial score (nSPS) is 11.0. The molecule has 9 nitrogen and oxygen atoms in total. The molecule has 0 saturated heterocycles. The Morgan fingerprint density at radius 1 is 1.45 bits per heavy atom. The van der Waals surface area contributed by atoms with E-state index in [9.17, 15) is 14.4 Å². The summed E-state index contributed by atoms with van der Waals surface area (Å²) in [5.74, 6) is -0.408. The second-order valence-electron chi connectivity index (χ2n) is 4.58. The largest absolute Gasteiger partial charge is 0.349 e. The van der Waals surface area contributed by atoms with Crippen LogP contribution in [0.4, 0.5) is 0 Å². The van der Waals surface area contributed by atoms with E-state index < -0.39 is 11.6 Å². The molecule has 3 heterocycles. The molecule has 22 heavy (non-hydrogen) atoms. The summed E-state index contributed by atoms with van der Waals surface area (Å²) in [6.07, 6.45) is 1.48. The van der Waals surface area contributed by atoms with E-state index in [1.54, 1.807) is 18.5 Å². The third-order valence-corrected chi connectivity index (χ3v) is 3.95. The van der Waals surface area contributed by atoms with Gasteiger partial charge in [0.05, 0.1) is 11.7 Å². The Hall–Kier alpha value is -2.75. The molecule has 0 spiro atoms. The van der Waals surface area contributed by atoms with E-state index in [0.717, 1.165) is 4.57 Å². The van der Waals surface area contributed by atoms with Crippen molar-refractivity contribution in [2.24, 2.45) is 7.05 Å². The predicted molar refractivity (Wildman–Crippen MR) is 80.0 cm³/mol. The first-order chi connectivity index (χ1) is 10.6. The smallest absolute Gasteiger partial charge is 0.328 e. The van der Waals surface area contributed by atoms with Crippen LogP contribution in [-0.4, -0.2) is 37.0 Å². The summed E-state index contributed by atoms with van der Waals surface area (Å²) < 4.78 is 2.96. The predicted octanol–water partition coefficient (Wildman–Crippen LogP) is -0.690. The monoisotopic (exact) mass is 320 g/mol. The quantitative estimate of drug-likeness (QED) is 0.660. The molecule has 0 aliphatic rings. The summed E-state index contributed by atoms with van der Waals surface area (Å²) in [7, 11) is 1.65. The van der Waals surface area contributed by atoms with Crippen molar-refractivity contribution in [3.05, 3.63) is 44.2 Å². The van der Waals surface area contributed by atoms with Gasteiger partial charge in [0.1, 0.15) is 4.70 Å². The maximum atomic E-state index is 12.2. The molecule has 3 rings (SSSR count). The highest BCUT2D eigenvalue weighted by Gasteiger charge is 2.11. The number of rotatable bonds is 4. The average Bonchev–Trinajstić information content (AvgIpc) is 3.11. The van der Waals surface area contributed by atoms with Gasteiger partial charge in [-0.2, -0.15) is 0 Å². The molecule has 10 heteroatoms. The fourth-order valence-corrected chi connectivity index (χ4v) is 2.79. The Labute approximate surface area is 127 Å². The molecule has 114 valence electrons. The SMILES string of the molecule is Cn1cc(C(=O)NCCn2c(=O)[nH]c3ccsc3c2=O)nn1. The maximum absolute atomic E-state index is 12.2. The molecule has 3 aromatic heterocycles. The molecular weight excluding hydrogens is 308 g/mol. The van der Waals surface area contributed by atoms with E-state index >= 15 is 0 Å². The van der Waals surface area contributed by atoms with Crippen molar-refractivity contribution < 1.29 is 4.79 Å². The molecule has 0 saturated carbocycles. The number of carbonyl (C=O) groups excluding carboxylic acids is 1. The highest BCUT2D eigenvalue weighted by atomic mass is 32.1. The highest BCUT2D eigenvalue weighted by molar-refractivity contribution is 7.17. The van der Waals surface area contributed by atoms with Gasteiger partial charge in [0.25, 0.3) is 11.5 Å². The van der Waals surface area contributed by atoms with Crippen LogP contribution in [0.25, 0.3) is 10.2 Å². The van der Waals surface area contributed by atoms with Crippen molar-refractivity contribution in [1.82, 2.24) is 29.9 Å². The van der Waals surface area contributed by atoms with Gasteiger partial charge in [0.15, 0.2) is 5.69 Å². The summed E-state index contributed by atoms with van der Waals surface area (Å²) in [4.78, 5) is 38.5. The lowest BCUT2D eigenvalue weighted by molar-refractivity contribution is 0.0947. The van der Waals surface area contributed by atoms with Gasteiger partial charge in [-0.1, -0.05) is 5.21 Å². The first kappa shape index (κ1) is 14.2. The van der Waals surface area contributed by atoms with Gasteiger partial charge in [0, 0.05) is 20.1 Å². The standard InChI is InChI=1S/C12H12N6O3S/c1-17-6-8(15-16-17)10(19)13-3-4-18-11(20)9-7(2-5-22-9)14-12(18)21/h2,5-6H,3-4H2,1H3,(H,13,19)(H,14,21). The Morgan fingerprint density at radius 2 is 2.27 bits per heavy atom. The van der Waals surface area contributed by atoms with Gasteiger partial charge in [-0.25, -0.2) is 4.79 Å². The molecule has 2 N–H and O–H groups in total. The molecule has 3 aromatic rings. The van der Waals surface area contributed by atoms with Gasteiger partial charge in [-0.3, -0.25) is 18.8 Å². The first-order valence-electron chi connectivity index (χ1n) is 6.41. The van der Waals surface area contributed by atoms with E-state index in [4.69, 9.17) is 0 Å². The Balaban J connectivity index is 1.73.